The summed E-state index contributed by atoms with van der Waals surface area (Å²) in [4.78, 5) is 1.12. The van der Waals surface area contributed by atoms with Crippen LogP contribution in [-0.4, -0.2) is 13.4 Å². The molecule has 0 aliphatic carbocycles. The van der Waals surface area contributed by atoms with Crippen LogP contribution in [0, 0.1) is 0 Å². The zero-order valence-electron chi connectivity index (χ0n) is 11.0. The molecule has 0 spiro atoms. The van der Waals surface area contributed by atoms with E-state index in [1.165, 1.54) is 0 Å². The van der Waals surface area contributed by atoms with Gasteiger partial charge in [-0.05, 0) is 29.5 Å². The normalized spacial score (nSPS) is 12.2. The van der Waals surface area contributed by atoms with Gasteiger partial charge in [0.15, 0.2) is 0 Å². The molecule has 2 rings (SSSR count). The van der Waals surface area contributed by atoms with E-state index in [-0.39, 0.29) is 5.38 Å². The van der Waals surface area contributed by atoms with E-state index >= 15 is 0 Å². The van der Waals surface area contributed by atoms with Crippen molar-refractivity contribution in [3.05, 3.63) is 57.6 Å². The molecule has 0 aliphatic rings. The van der Waals surface area contributed by atoms with Gasteiger partial charge in [0.2, 0.25) is 0 Å². The van der Waals surface area contributed by atoms with Gasteiger partial charge in [-0.3, -0.25) is 0 Å². The van der Waals surface area contributed by atoms with Gasteiger partial charge in [0.1, 0.15) is 5.75 Å². The maximum Gasteiger partial charge on any atom is 0.138 e. The van der Waals surface area contributed by atoms with Gasteiger partial charge in [-0.15, -0.1) is 23.4 Å². The predicted octanol–water partition coefficient (Wildman–Crippen LogP) is 6.05. The maximum atomic E-state index is 6.59. The van der Waals surface area contributed by atoms with Gasteiger partial charge in [-0.2, -0.15) is 0 Å². The van der Waals surface area contributed by atoms with Crippen LogP contribution in [0.15, 0.2) is 41.3 Å². The van der Waals surface area contributed by atoms with Crippen LogP contribution in [0.2, 0.25) is 10.0 Å². The summed E-state index contributed by atoms with van der Waals surface area (Å²) in [6.45, 7) is 0. The van der Waals surface area contributed by atoms with Gasteiger partial charge < -0.3 is 4.74 Å². The topological polar surface area (TPSA) is 9.23 Å². The van der Waals surface area contributed by atoms with Crippen LogP contribution < -0.4 is 4.74 Å². The van der Waals surface area contributed by atoms with Crippen molar-refractivity contribution >= 4 is 46.6 Å². The number of hydrogen-bond acceptors (Lipinski definition) is 2. The third-order valence-corrected chi connectivity index (χ3v) is 4.86. The summed E-state index contributed by atoms with van der Waals surface area (Å²) in [7, 11) is 1.55. The highest BCUT2D eigenvalue weighted by molar-refractivity contribution is 7.98. The summed E-state index contributed by atoms with van der Waals surface area (Å²) in [5, 5.41) is 0.691. The van der Waals surface area contributed by atoms with Crippen LogP contribution in [0.5, 0.6) is 5.75 Å². The highest BCUT2D eigenvalue weighted by Crippen LogP contribution is 2.41. The molecule has 0 saturated carbocycles. The van der Waals surface area contributed by atoms with E-state index in [0.717, 1.165) is 16.0 Å². The van der Waals surface area contributed by atoms with E-state index < -0.39 is 0 Å². The largest absolute Gasteiger partial charge is 0.495 e. The van der Waals surface area contributed by atoms with Crippen LogP contribution in [0.1, 0.15) is 16.5 Å². The molecule has 0 bridgehead atoms. The molecule has 0 radical (unpaired) electrons. The highest BCUT2D eigenvalue weighted by atomic mass is 35.5. The average molecular weight is 348 g/mol. The van der Waals surface area contributed by atoms with Gasteiger partial charge in [0.25, 0.3) is 0 Å². The smallest absolute Gasteiger partial charge is 0.138 e. The molecule has 106 valence electrons. The fourth-order valence-electron chi connectivity index (χ4n) is 1.94. The van der Waals surface area contributed by atoms with Gasteiger partial charge in [0.05, 0.1) is 17.5 Å². The van der Waals surface area contributed by atoms with Crippen molar-refractivity contribution in [2.75, 3.05) is 13.4 Å². The van der Waals surface area contributed by atoms with Gasteiger partial charge in [0, 0.05) is 16.0 Å². The monoisotopic (exact) mass is 346 g/mol. The Morgan fingerprint density at radius 3 is 2.40 bits per heavy atom. The number of ether oxygens (including phenoxy) is 1. The Labute approximate surface area is 138 Å². The van der Waals surface area contributed by atoms with Crippen LogP contribution in [0.3, 0.4) is 0 Å². The van der Waals surface area contributed by atoms with Gasteiger partial charge >= 0.3 is 0 Å². The van der Waals surface area contributed by atoms with E-state index in [1.54, 1.807) is 31.0 Å². The molecule has 1 atom stereocenters. The average Bonchev–Trinajstić information content (AvgIpc) is 2.48. The standard InChI is InChI=1S/C15H13Cl3OS/c1-19-13-8-11(16)10(7-12(13)17)15(18)9-5-3-4-6-14(9)20-2/h3-8,15H,1-2H3. The first-order valence-corrected chi connectivity index (χ1v) is 8.30. The van der Waals surface area contributed by atoms with Crippen molar-refractivity contribution in [3.63, 3.8) is 0 Å². The SMILES string of the molecule is COc1cc(Cl)c(C(Cl)c2ccccc2SC)cc1Cl. The lowest BCUT2D eigenvalue weighted by molar-refractivity contribution is 0.415. The summed E-state index contributed by atoms with van der Waals surface area (Å²) in [5.74, 6) is 0.544. The number of hydrogen-bond donors (Lipinski definition) is 0. The molecule has 5 heteroatoms. The van der Waals surface area contributed by atoms with Crippen molar-refractivity contribution in [3.8, 4) is 5.75 Å². The van der Waals surface area contributed by atoms with Crippen LogP contribution in [-0.2, 0) is 0 Å². The second-order valence-corrected chi connectivity index (χ2v) is 6.21. The number of alkyl halides is 1. The summed E-state index contributed by atoms with van der Waals surface area (Å²) in [6.07, 6.45) is 2.02. The summed E-state index contributed by atoms with van der Waals surface area (Å²) < 4.78 is 5.15. The predicted molar refractivity (Wildman–Crippen MR) is 88.9 cm³/mol. The van der Waals surface area contributed by atoms with Gasteiger partial charge in [-0.25, -0.2) is 0 Å². The molecule has 20 heavy (non-hydrogen) atoms. The molecular formula is C15H13Cl3OS. The molecule has 0 fully saturated rings. The zero-order chi connectivity index (χ0) is 14.7. The maximum absolute atomic E-state index is 6.59. The Kier molecular flexibility index (Phi) is 5.50. The molecule has 2 aromatic carbocycles. The Bertz CT molecular complexity index is 616. The van der Waals surface area contributed by atoms with E-state index in [0.29, 0.717) is 15.8 Å². The number of halogens is 3. The second-order valence-electron chi connectivity index (χ2n) is 4.11. The lowest BCUT2D eigenvalue weighted by Crippen LogP contribution is -1.97. The molecular weight excluding hydrogens is 335 g/mol. The first-order valence-electron chi connectivity index (χ1n) is 5.88. The van der Waals surface area contributed by atoms with Crippen LogP contribution in [0.4, 0.5) is 0 Å². The number of benzene rings is 2. The highest BCUT2D eigenvalue weighted by Gasteiger charge is 2.19. The van der Waals surface area contributed by atoms with E-state index in [9.17, 15) is 0 Å². The van der Waals surface area contributed by atoms with Crippen molar-refractivity contribution < 1.29 is 4.74 Å². The van der Waals surface area contributed by atoms with Crippen molar-refractivity contribution in [2.24, 2.45) is 0 Å². The molecule has 1 nitrogen and oxygen atoms in total. The van der Waals surface area contributed by atoms with E-state index in [2.05, 4.69) is 0 Å². The number of rotatable bonds is 4. The summed E-state index contributed by atoms with van der Waals surface area (Å²) >= 11 is 20.7. The molecule has 0 amide bonds. The molecule has 0 aliphatic heterocycles. The Morgan fingerprint density at radius 2 is 1.75 bits per heavy atom. The first-order chi connectivity index (χ1) is 9.58. The fourth-order valence-corrected chi connectivity index (χ4v) is 3.58. The summed E-state index contributed by atoms with van der Waals surface area (Å²) in [6, 6.07) is 11.4. The Morgan fingerprint density at radius 1 is 1.05 bits per heavy atom. The molecule has 0 heterocycles. The Balaban J connectivity index is 2.48. The van der Waals surface area contributed by atoms with Crippen LogP contribution >= 0.6 is 46.6 Å². The molecule has 0 aromatic heterocycles. The van der Waals surface area contributed by atoms with Crippen molar-refractivity contribution in [1.29, 1.82) is 0 Å². The quantitative estimate of drug-likeness (QED) is 0.491. The third-order valence-electron chi connectivity index (χ3n) is 2.96. The Hall–Kier alpha value is -0.540. The number of thioether (sulfide) groups is 1. The lowest BCUT2D eigenvalue weighted by atomic mass is 10.0. The summed E-state index contributed by atoms with van der Waals surface area (Å²) in [5.41, 5.74) is 1.80. The fraction of sp³-hybridized carbons (Fsp3) is 0.200. The number of methoxy groups -OCH3 is 1. The molecule has 0 saturated heterocycles. The molecule has 2 aromatic rings. The molecule has 0 N–H and O–H groups in total. The van der Waals surface area contributed by atoms with Gasteiger partial charge in [-0.1, -0.05) is 41.4 Å². The van der Waals surface area contributed by atoms with Crippen molar-refractivity contribution in [1.82, 2.24) is 0 Å². The second kappa shape index (κ2) is 6.95. The minimum Gasteiger partial charge on any atom is -0.495 e. The zero-order valence-corrected chi connectivity index (χ0v) is 14.1. The molecule has 1 unspecified atom stereocenters. The van der Waals surface area contributed by atoms with Crippen LogP contribution in [0.25, 0.3) is 0 Å². The van der Waals surface area contributed by atoms with Crippen molar-refractivity contribution in [2.45, 2.75) is 10.3 Å². The van der Waals surface area contributed by atoms with E-state index in [4.69, 9.17) is 39.5 Å². The first kappa shape index (κ1) is 15.8. The lowest BCUT2D eigenvalue weighted by Gasteiger charge is -2.16. The third kappa shape index (κ3) is 3.20. The van der Waals surface area contributed by atoms with E-state index in [1.807, 2.05) is 30.5 Å². The minimum atomic E-state index is -0.352. The minimum absolute atomic E-state index is 0.352.